The second kappa shape index (κ2) is 8.47. The molecular weight excluding hydrogens is 440 g/mol. The summed E-state index contributed by atoms with van der Waals surface area (Å²) in [7, 11) is 3.18. The Hall–Kier alpha value is -2.46. The second-order valence-electron chi connectivity index (χ2n) is 8.01. The molecule has 4 nitrogen and oxygen atoms in total. The first-order valence-corrected chi connectivity index (χ1v) is 9.69. The predicted molar refractivity (Wildman–Crippen MR) is 105 cm³/mol. The zero-order valence-corrected chi connectivity index (χ0v) is 17.8. The third-order valence-electron chi connectivity index (χ3n) is 5.27. The summed E-state index contributed by atoms with van der Waals surface area (Å²) in [5, 5.41) is 2.99. The van der Waals surface area contributed by atoms with Gasteiger partial charge in [-0.25, -0.2) is 0 Å². The number of methoxy groups -OCH3 is 1. The van der Waals surface area contributed by atoms with Crippen LogP contribution in [0.3, 0.4) is 0 Å². The molecule has 10 heteroatoms. The van der Waals surface area contributed by atoms with Crippen molar-refractivity contribution in [2.75, 3.05) is 19.5 Å². The first-order valence-electron chi connectivity index (χ1n) is 9.69. The van der Waals surface area contributed by atoms with E-state index in [1.54, 1.807) is 33.0 Å². The summed E-state index contributed by atoms with van der Waals surface area (Å²) in [5.74, 6) is 0.555. The molecule has 0 saturated carbocycles. The van der Waals surface area contributed by atoms with E-state index in [-0.39, 0.29) is 11.6 Å². The lowest BCUT2D eigenvalue weighted by atomic mass is 9.88. The summed E-state index contributed by atoms with van der Waals surface area (Å²) >= 11 is 0. The highest BCUT2D eigenvalue weighted by Gasteiger charge is 2.45. The SMILES string of the molecule is CNc1ccc2c(c1)C(OC)C(OCc1cc(C(F)(F)F)cc(C(F)(F)F)c1)C(C)(C)O2. The van der Waals surface area contributed by atoms with E-state index < -0.39 is 47.9 Å². The predicted octanol–water partition coefficient (Wildman–Crippen LogP) is 6.21. The maximum Gasteiger partial charge on any atom is 0.416 e. The van der Waals surface area contributed by atoms with E-state index in [0.29, 0.717) is 23.4 Å². The summed E-state index contributed by atoms with van der Waals surface area (Å²) in [6.45, 7) is 2.93. The van der Waals surface area contributed by atoms with Crippen LogP contribution >= 0.6 is 0 Å². The Balaban J connectivity index is 1.94. The number of halogens is 6. The normalized spacial score (nSPS) is 20.4. The van der Waals surface area contributed by atoms with Gasteiger partial charge in [0.1, 0.15) is 23.6 Å². The second-order valence-corrected chi connectivity index (χ2v) is 8.01. The molecule has 0 fully saturated rings. The Morgan fingerprint density at radius 1 is 0.969 bits per heavy atom. The summed E-state index contributed by atoms with van der Waals surface area (Å²) in [6, 6.07) is 6.75. The molecule has 2 aromatic carbocycles. The van der Waals surface area contributed by atoms with Gasteiger partial charge in [0.25, 0.3) is 0 Å². The lowest BCUT2D eigenvalue weighted by Gasteiger charge is -2.44. The third-order valence-corrected chi connectivity index (χ3v) is 5.27. The molecule has 0 amide bonds. The molecule has 1 N–H and O–H groups in total. The van der Waals surface area contributed by atoms with Crippen molar-refractivity contribution in [2.24, 2.45) is 0 Å². The molecule has 0 radical (unpaired) electrons. The summed E-state index contributed by atoms with van der Waals surface area (Å²) in [5.41, 5.74) is -2.57. The minimum Gasteiger partial charge on any atom is -0.485 e. The van der Waals surface area contributed by atoms with Gasteiger partial charge in [-0.1, -0.05) is 0 Å². The van der Waals surface area contributed by atoms with Gasteiger partial charge in [-0.2, -0.15) is 26.3 Å². The van der Waals surface area contributed by atoms with E-state index in [4.69, 9.17) is 14.2 Å². The largest absolute Gasteiger partial charge is 0.485 e. The molecule has 2 unspecified atom stereocenters. The van der Waals surface area contributed by atoms with Crippen LogP contribution in [0.25, 0.3) is 0 Å². The van der Waals surface area contributed by atoms with E-state index in [9.17, 15) is 26.3 Å². The van der Waals surface area contributed by atoms with Crippen molar-refractivity contribution in [3.63, 3.8) is 0 Å². The van der Waals surface area contributed by atoms with Gasteiger partial charge in [0.2, 0.25) is 0 Å². The summed E-state index contributed by atoms with van der Waals surface area (Å²) < 4.78 is 96.4. The minimum atomic E-state index is -4.93. The fourth-order valence-electron chi connectivity index (χ4n) is 3.72. The molecule has 0 bridgehead atoms. The number of rotatable bonds is 5. The molecule has 0 aromatic heterocycles. The topological polar surface area (TPSA) is 39.7 Å². The number of alkyl halides is 6. The van der Waals surface area contributed by atoms with Gasteiger partial charge in [0, 0.05) is 25.4 Å². The zero-order valence-electron chi connectivity index (χ0n) is 17.8. The van der Waals surface area contributed by atoms with Crippen molar-refractivity contribution in [1.82, 2.24) is 0 Å². The van der Waals surface area contributed by atoms with Crippen molar-refractivity contribution in [2.45, 2.75) is 50.6 Å². The van der Waals surface area contributed by atoms with Crippen LogP contribution in [0.2, 0.25) is 0 Å². The van der Waals surface area contributed by atoms with Crippen LogP contribution in [-0.4, -0.2) is 25.9 Å². The Kier molecular flexibility index (Phi) is 6.41. The van der Waals surface area contributed by atoms with Crippen molar-refractivity contribution < 1.29 is 40.6 Å². The lowest BCUT2D eigenvalue weighted by molar-refractivity contribution is -0.159. The van der Waals surface area contributed by atoms with Gasteiger partial charge >= 0.3 is 12.4 Å². The molecule has 1 aliphatic heterocycles. The van der Waals surface area contributed by atoms with E-state index in [2.05, 4.69) is 5.32 Å². The van der Waals surface area contributed by atoms with Crippen LogP contribution in [0.5, 0.6) is 5.75 Å². The first kappa shape index (κ1) is 24.2. The van der Waals surface area contributed by atoms with Gasteiger partial charge in [-0.15, -0.1) is 0 Å². The van der Waals surface area contributed by atoms with Crippen molar-refractivity contribution in [1.29, 1.82) is 0 Å². The van der Waals surface area contributed by atoms with Crippen molar-refractivity contribution in [3.05, 3.63) is 58.7 Å². The number of hydrogen-bond donors (Lipinski definition) is 1. The smallest absolute Gasteiger partial charge is 0.416 e. The molecular formula is C22H23F6NO3. The van der Waals surface area contributed by atoms with Crippen LogP contribution in [0.4, 0.5) is 32.0 Å². The zero-order chi connectivity index (χ0) is 23.9. The van der Waals surface area contributed by atoms with E-state index in [1.165, 1.54) is 7.11 Å². The quantitative estimate of drug-likeness (QED) is 0.536. The highest BCUT2D eigenvalue weighted by atomic mass is 19.4. The summed E-state index contributed by atoms with van der Waals surface area (Å²) in [4.78, 5) is 0. The van der Waals surface area contributed by atoms with Crippen molar-refractivity contribution >= 4 is 5.69 Å². The molecule has 2 atom stereocenters. The molecule has 0 spiro atoms. The number of anilines is 1. The number of ether oxygens (including phenoxy) is 3. The molecule has 3 rings (SSSR count). The average Bonchev–Trinajstić information content (AvgIpc) is 2.69. The van der Waals surface area contributed by atoms with E-state index >= 15 is 0 Å². The van der Waals surface area contributed by atoms with Gasteiger partial charge in [0.05, 0.1) is 17.7 Å². The van der Waals surface area contributed by atoms with Gasteiger partial charge in [-0.05, 0) is 55.8 Å². The van der Waals surface area contributed by atoms with E-state index in [1.807, 2.05) is 6.07 Å². The molecule has 176 valence electrons. The van der Waals surface area contributed by atoms with Crippen LogP contribution in [0.1, 0.15) is 42.2 Å². The average molecular weight is 463 g/mol. The fourth-order valence-corrected chi connectivity index (χ4v) is 3.72. The highest BCUT2D eigenvalue weighted by Crippen LogP contribution is 2.44. The van der Waals surface area contributed by atoms with Crippen LogP contribution in [-0.2, 0) is 28.4 Å². The number of fused-ring (bicyclic) bond motifs is 1. The molecule has 1 heterocycles. The standard InChI is InChI=1S/C22H23F6NO3/c1-20(2)19(18(30-4)16-10-15(29-3)5-6-17(16)32-20)31-11-12-7-13(21(23,24)25)9-14(8-12)22(26,27)28/h5-10,18-19,29H,11H2,1-4H3. The van der Waals surface area contributed by atoms with Gasteiger partial charge < -0.3 is 19.5 Å². The fraction of sp³-hybridized carbons (Fsp3) is 0.455. The Labute approximate surface area is 181 Å². The molecule has 2 aromatic rings. The number of nitrogens with one attached hydrogen (secondary N) is 1. The Morgan fingerprint density at radius 2 is 1.56 bits per heavy atom. The summed E-state index contributed by atoms with van der Waals surface area (Å²) in [6.07, 6.45) is -11.3. The van der Waals surface area contributed by atoms with E-state index in [0.717, 1.165) is 5.69 Å². The minimum absolute atomic E-state index is 0.0879. The van der Waals surface area contributed by atoms with Gasteiger partial charge in [0.15, 0.2) is 0 Å². The highest BCUT2D eigenvalue weighted by molar-refractivity contribution is 5.53. The van der Waals surface area contributed by atoms with Crippen LogP contribution in [0.15, 0.2) is 36.4 Å². The van der Waals surface area contributed by atoms with Crippen LogP contribution < -0.4 is 10.1 Å². The monoisotopic (exact) mass is 463 g/mol. The Morgan fingerprint density at radius 3 is 2.06 bits per heavy atom. The Bertz CT molecular complexity index is 939. The maximum atomic E-state index is 13.2. The van der Waals surface area contributed by atoms with Crippen molar-refractivity contribution in [3.8, 4) is 5.75 Å². The molecule has 32 heavy (non-hydrogen) atoms. The molecule has 1 aliphatic rings. The lowest BCUT2D eigenvalue weighted by Crippen LogP contribution is -2.50. The number of benzene rings is 2. The molecule has 0 saturated heterocycles. The number of hydrogen-bond acceptors (Lipinski definition) is 4. The van der Waals surface area contributed by atoms with Crippen LogP contribution in [0, 0.1) is 0 Å². The molecule has 0 aliphatic carbocycles. The third kappa shape index (κ3) is 4.96. The van der Waals surface area contributed by atoms with Gasteiger partial charge in [-0.3, -0.25) is 0 Å². The first-order chi connectivity index (χ1) is 14.8. The maximum absolute atomic E-state index is 13.2.